The van der Waals surface area contributed by atoms with Crippen LogP contribution in [0.5, 0.6) is 0 Å². The largest absolute Gasteiger partial charge is 0.371 e. The fourth-order valence-electron chi connectivity index (χ4n) is 1.47. The molecule has 0 unspecified atom stereocenters. The molecule has 0 bridgehead atoms. The predicted molar refractivity (Wildman–Crippen MR) is 54.6 cm³/mol. The molecule has 0 heterocycles. The zero-order valence-electron chi connectivity index (χ0n) is 10.9. The van der Waals surface area contributed by atoms with Crippen molar-refractivity contribution in [2.75, 3.05) is 0 Å². The molecule has 21 heavy (non-hydrogen) atoms. The van der Waals surface area contributed by atoms with Crippen molar-refractivity contribution in [3.05, 3.63) is 0 Å². The minimum atomic E-state index is -5.58. The van der Waals surface area contributed by atoms with E-state index in [1.54, 1.807) is 0 Å². The van der Waals surface area contributed by atoms with Crippen LogP contribution in [-0.4, -0.2) is 30.1 Å². The Balaban J connectivity index is 4.30. The lowest BCUT2D eigenvalue weighted by Gasteiger charge is -2.30. The summed E-state index contributed by atoms with van der Waals surface area (Å²) < 4.78 is 125. The summed E-state index contributed by atoms with van der Waals surface area (Å²) in [5, 5.41) is 0. The van der Waals surface area contributed by atoms with E-state index in [2.05, 4.69) is 0 Å². The Kier molecular flexibility index (Phi) is 6.38. The zero-order valence-corrected chi connectivity index (χ0v) is 10.9. The second-order valence-electron chi connectivity index (χ2n) is 4.79. The van der Waals surface area contributed by atoms with Gasteiger partial charge in [-0.05, 0) is 12.8 Å². The van der Waals surface area contributed by atoms with Crippen molar-refractivity contribution in [1.82, 2.24) is 0 Å². The van der Waals surface area contributed by atoms with Gasteiger partial charge in [0.05, 0.1) is 0 Å². The minimum Gasteiger partial charge on any atom is -0.204 e. The van der Waals surface area contributed by atoms with Crippen molar-refractivity contribution in [2.45, 2.75) is 69.1 Å². The molecule has 0 radical (unpaired) electrons. The van der Waals surface area contributed by atoms with Crippen molar-refractivity contribution in [2.24, 2.45) is 0 Å². The maximum atomic E-state index is 13.0. The van der Waals surface area contributed by atoms with E-state index in [1.165, 1.54) is 0 Å². The van der Waals surface area contributed by atoms with E-state index in [1.807, 2.05) is 0 Å². The molecule has 0 aliphatic carbocycles. The first-order chi connectivity index (χ1) is 9.15. The van der Waals surface area contributed by atoms with E-state index in [4.69, 9.17) is 0 Å². The third-order valence-corrected chi connectivity index (χ3v) is 2.83. The average molecular weight is 336 g/mol. The minimum absolute atomic E-state index is 0.357. The molecule has 0 fully saturated rings. The van der Waals surface area contributed by atoms with E-state index >= 15 is 0 Å². The summed E-state index contributed by atoms with van der Waals surface area (Å²) in [4.78, 5) is 0. The molecule has 128 valence electrons. The van der Waals surface area contributed by atoms with Crippen LogP contribution in [0.25, 0.3) is 0 Å². The summed E-state index contributed by atoms with van der Waals surface area (Å²) in [5.74, 6) is -19.8. The van der Waals surface area contributed by atoms with Gasteiger partial charge in [0.15, 0.2) is 0 Å². The van der Waals surface area contributed by atoms with Gasteiger partial charge in [0.1, 0.15) is 0 Å². The molecule has 0 amide bonds. The Labute approximate surface area is 114 Å². The first kappa shape index (κ1) is 20.3. The molecular formula is C11H14F10. The maximum Gasteiger partial charge on any atom is 0.371 e. The van der Waals surface area contributed by atoms with Gasteiger partial charge in [-0.15, -0.1) is 0 Å². The van der Waals surface area contributed by atoms with Gasteiger partial charge in [-0.25, -0.2) is 17.6 Å². The van der Waals surface area contributed by atoms with E-state index in [9.17, 15) is 43.9 Å². The fourth-order valence-corrected chi connectivity index (χ4v) is 1.47. The van der Waals surface area contributed by atoms with Gasteiger partial charge >= 0.3 is 30.1 Å². The first-order valence-electron chi connectivity index (χ1n) is 5.94. The molecule has 0 saturated heterocycles. The highest BCUT2D eigenvalue weighted by atomic mass is 19.3. The molecule has 0 N–H and O–H groups in total. The van der Waals surface area contributed by atoms with Gasteiger partial charge in [0.2, 0.25) is 0 Å². The Bertz CT molecular complexity index is 317. The Morgan fingerprint density at radius 1 is 0.714 bits per heavy atom. The monoisotopic (exact) mass is 336 g/mol. The van der Waals surface area contributed by atoms with Crippen LogP contribution in [0.4, 0.5) is 43.9 Å². The highest BCUT2D eigenvalue weighted by molar-refractivity contribution is 4.93. The molecule has 0 saturated carbocycles. The number of hydrogen-bond acceptors (Lipinski definition) is 0. The number of halogens is 10. The summed E-state index contributed by atoms with van der Waals surface area (Å²) in [7, 11) is 0. The molecule has 0 aliphatic heterocycles. The van der Waals surface area contributed by atoms with E-state index in [0.717, 1.165) is 0 Å². The van der Waals surface area contributed by atoms with E-state index in [0.29, 0.717) is 0 Å². The highest BCUT2D eigenvalue weighted by Crippen LogP contribution is 2.47. The van der Waals surface area contributed by atoms with Crippen LogP contribution in [0.2, 0.25) is 0 Å². The molecule has 0 nitrogen and oxygen atoms in total. The van der Waals surface area contributed by atoms with Crippen LogP contribution in [0.3, 0.4) is 0 Å². The Hall–Kier alpha value is -0.700. The van der Waals surface area contributed by atoms with Crippen LogP contribution >= 0.6 is 0 Å². The normalized spacial score (nSPS) is 14.9. The summed E-state index contributed by atoms with van der Waals surface area (Å²) in [6, 6.07) is 0. The molecule has 0 aliphatic rings. The van der Waals surface area contributed by atoms with Crippen molar-refractivity contribution < 1.29 is 43.9 Å². The molecule has 0 aromatic rings. The summed E-state index contributed by atoms with van der Waals surface area (Å²) in [6.07, 6.45) is -8.72. The molecule has 0 aromatic carbocycles. The molecule has 0 aromatic heterocycles. The highest BCUT2D eigenvalue weighted by Gasteiger charge is 2.68. The molecule has 0 atom stereocenters. The standard InChI is InChI=1S/C11H14F10/c1-8(14,15)11(20,21)10(18,19)6-4-2-3-5-9(16,17)7(12)13/h7H,2-6H2,1H3. The topological polar surface area (TPSA) is 0 Å². The average Bonchev–Trinajstić information content (AvgIpc) is 2.26. The van der Waals surface area contributed by atoms with Gasteiger partial charge < -0.3 is 0 Å². The van der Waals surface area contributed by atoms with Crippen molar-refractivity contribution in [3.8, 4) is 0 Å². The van der Waals surface area contributed by atoms with Crippen molar-refractivity contribution in [3.63, 3.8) is 0 Å². The second kappa shape index (κ2) is 6.60. The zero-order chi connectivity index (χ0) is 17.1. The lowest BCUT2D eigenvalue weighted by molar-refractivity contribution is -0.304. The fraction of sp³-hybridized carbons (Fsp3) is 1.00. The van der Waals surface area contributed by atoms with Crippen LogP contribution < -0.4 is 0 Å². The molecule has 10 heteroatoms. The Morgan fingerprint density at radius 3 is 1.52 bits per heavy atom. The smallest absolute Gasteiger partial charge is 0.204 e. The van der Waals surface area contributed by atoms with Crippen LogP contribution in [0.1, 0.15) is 39.0 Å². The van der Waals surface area contributed by atoms with Crippen LogP contribution in [0, 0.1) is 0 Å². The van der Waals surface area contributed by atoms with Gasteiger partial charge in [0.25, 0.3) is 0 Å². The van der Waals surface area contributed by atoms with Crippen molar-refractivity contribution >= 4 is 0 Å². The van der Waals surface area contributed by atoms with Crippen LogP contribution in [0.15, 0.2) is 0 Å². The third kappa shape index (κ3) is 5.21. The van der Waals surface area contributed by atoms with Gasteiger partial charge in [-0.1, -0.05) is 6.42 Å². The van der Waals surface area contributed by atoms with Crippen LogP contribution in [-0.2, 0) is 0 Å². The number of rotatable bonds is 9. The van der Waals surface area contributed by atoms with E-state index in [-0.39, 0.29) is 6.92 Å². The van der Waals surface area contributed by atoms with E-state index < -0.39 is 62.2 Å². The molecule has 0 spiro atoms. The third-order valence-electron chi connectivity index (χ3n) is 2.83. The quantitative estimate of drug-likeness (QED) is 0.371. The van der Waals surface area contributed by atoms with Crippen molar-refractivity contribution in [1.29, 1.82) is 0 Å². The van der Waals surface area contributed by atoms with Gasteiger partial charge in [-0.3, -0.25) is 0 Å². The summed E-state index contributed by atoms with van der Waals surface area (Å²) >= 11 is 0. The lowest BCUT2D eigenvalue weighted by Crippen LogP contribution is -2.52. The Morgan fingerprint density at radius 2 is 1.14 bits per heavy atom. The number of alkyl halides is 10. The number of hydrogen-bond donors (Lipinski definition) is 0. The summed E-state index contributed by atoms with van der Waals surface area (Å²) in [5.41, 5.74) is 0. The van der Waals surface area contributed by atoms with Gasteiger partial charge in [-0.2, -0.15) is 26.3 Å². The summed E-state index contributed by atoms with van der Waals surface area (Å²) in [6.45, 7) is -0.357. The molecular weight excluding hydrogens is 322 g/mol. The second-order valence-corrected chi connectivity index (χ2v) is 4.79. The number of unbranched alkanes of at least 4 members (excludes halogenated alkanes) is 2. The predicted octanol–water partition coefficient (Wildman–Crippen LogP) is 5.76. The maximum absolute atomic E-state index is 13.0. The first-order valence-corrected chi connectivity index (χ1v) is 5.94. The molecule has 0 rings (SSSR count). The SMILES string of the molecule is CC(F)(F)C(F)(F)C(F)(F)CCCCCC(F)(F)C(F)F. The van der Waals surface area contributed by atoms with Gasteiger partial charge in [0, 0.05) is 19.8 Å². The lowest BCUT2D eigenvalue weighted by atomic mass is 9.99.